The predicted molar refractivity (Wildman–Crippen MR) is 181 cm³/mol. The zero-order valence-corrected chi connectivity index (χ0v) is 27.8. The Hall–Kier alpha value is -4.55. The molecule has 0 atom stereocenters. The molecule has 8 nitrogen and oxygen atoms in total. The summed E-state index contributed by atoms with van der Waals surface area (Å²) in [5, 5.41) is 12.9. The van der Waals surface area contributed by atoms with Crippen molar-refractivity contribution >= 4 is 46.0 Å². The van der Waals surface area contributed by atoms with Crippen molar-refractivity contribution in [2.75, 3.05) is 23.0 Å². The summed E-state index contributed by atoms with van der Waals surface area (Å²) in [6.07, 6.45) is 5.95. The molecule has 3 amide bonds. The molecular formula is C36H41N5O3S. The van der Waals surface area contributed by atoms with Crippen LogP contribution in [0.2, 0.25) is 0 Å². The van der Waals surface area contributed by atoms with Gasteiger partial charge in [0.1, 0.15) is 11.6 Å². The number of aromatic nitrogens is 1. The van der Waals surface area contributed by atoms with Crippen LogP contribution >= 0.6 is 11.3 Å². The molecule has 0 aliphatic carbocycles. The highest BCUT2D eigenvalue weighted by atomic mass is 32.1. The predicted octanol–water partition coefficient (Wildman–Crippen LogP) is 7.70. The molecule has 0 N–H and O–H groups in total. The number of hydrogen-bond donors (Lipinski definition) is 0. The number of imide groups is 1. The largest absolute Gasteiger partial charge is 0.348 e. The maximum Gasteiger partial charge on any atom is 0.291 e. The number of nitrogens with zero attached hydrogens (tertiary/aromatic N) is 5. The molecule has 234 valence electrons. The Morgan fingerprint density at radius 3 is 2.07 bits per heavy atom. The second-order valence-electron chi connectivity index (χ2n) is 12.1. The minimum Gasteiger partial charge on any atom is -0.348 e. The molecule has 45 heavy (non-hydrogen) atoms. The van der Waals surface area contributed by atoms with Gasteiger partial charge in [0.25, 0.3) is 17.7 Å². The Balaban J connectivity index is 1.90. The number of hydrazine groups is 1. The van der Waals surface area contributed by atoms with Crippen LogP contribution in [0.5, 0.6) is 0 Å². The highest BCUT2D eigenvalue weighted by molar-refractivity contribution is 7.16. The lowest BCUT2D eigenvalue weighted by molar-refractivity contribution is -0.140. The fraction of sp³-hybridized carbons (Fsp3) is 0.361. The highest BCUT2D eigenvalue weighted by Crippen LogP contribution is 2.38. The first kappa shape index (κ1) is 33.3. The first-order valence-corrected chi connectivity index (χ1v) is 16.3. The van der Waals surface area contributed by atoms with Crippen molar-refractivity contribution in [3.63, 3.8) is 0 Å². The molecule has 1 aliphatic rings. The van der Waals surface area contributed by atoms with Crippen molar-refractivity contribution in [2.45, 2.75) is 72.6 Å². The van der Waals surface area contributed by atoms with Gasteiger partial charge in [-0.2, -0.15) is 10.3 Å². The zero-order valence-electron chi connectivity index (χ0n) is 27.0. The zero-order chi connectivity index (χ0) is 32.7. The van der Waals surface area contributed by atoms with Gasteiger partial charge in [-0.15, -0.1) is 0 Å². The van der Waals surface area contributed by atoms with Crippen molar-refractivity contribution in [3.05, 3.63) is 93.5 Å². The van der Waals surface area contributed by atoms with E-state index in [0.29, 0.717) is 11.3 Å². The van der Waals surface area contributed by atoms with Gasteiger partial charge in [-0.1, -0.05) is 95.2 Å². The van der Waals surface area contributed by atoms with Crippen LogP contribution in [0.25, 0.3) is 6.08 Å². The number of thiazole rings is 1. The molecule has 0 fully saturated rings. The summed E-state index contributed by atoms with van der Waals surface area (Å²) in [5.41, 5.74) is 1.34. The van der Waals surface area contributed by atoms with Gasteiger partial charge in [0, 0.05) is 29.6 Å². The number of benzene rings is 2. The van der Waals surface area contributed by atoms with E-state index >= 15 is 0 Å². The van der Waals surface area contributed by atoms with Gasteiger partial charge < -0.3 is 4.90 Å². The third-order valence-electron chi connectivity index (χ3n) is 7.60. The van der Waals surface area contributed by atoms with Crippen molar-refractivity contribution < 1.29 is 14.4 Å². The van der Waals surface area contributed by atoms with Crippen LogP contribution in [0.3, 0.4) is 0 Å². The molecule has 9 heteroatoms. The summed E-state index contributed by atoms with van der Waals surface area (Å²) in [7, 11) is 0. The lowest BCUT2D eigenvalue weighted by atomic mass is 9.89. The smallest absolute Gasteiger partial charge is 0.291 e. The molecule has 1 aliphatic heterocycles. The van der Waals surface area contributed by atoms with Gasteiger partial charge in [0.15, 0.2) is 5.13 Å². The molecule has 2 heterocycles. The average molecular weight is 624 g/mol. The average Bonchev–Trinajstić information content (AvgIpc) is 3.47. The summed E-state index contributed by atoms with van der Waals surface area (Å²) in [6.45, 7) is 13.9. The summed E-state index contributed by atoms with van der Waals surface area (Å²) in [4.78, 5) is 50.4. The van der Waals surface area contributed by atoms with Gasteiger partial charge in [-0.25, -0.2) is 9.99 Å². The van der Waals surface area contributed by atoms with Crippen LogP contribution in [0.1, 0.15) is 88.2 Å². The van der Waals surface area contributed by atoms with Crippen LogP contribution < -0.4 is 9.91 Å². The van der Waals surface area contributed by atoms with E-state index < -0.39 is 17.7 Å². The highest BCUT2D eigenvalue weighted by Gasteiger charge is 2.42. The van der Waals surface area contributed by atoms with Crippen LogP contribution in [0, 0.1) is 11.3 Å². The SMILES string of the molecule is CCCCN(CCCC)c1nc(C(C)(C)C)c(/C=C2\C(=O)N(N(C(=O)c3ccccc3)c3ccccc3)C(=O)C(C#N)=C2C)s1. The van der Waals surface area contributed by atoms with E-state index in [0.717, 1.165) is 64.5 Å². The first-order valence-electron chi connectivity index (χ1n) is 15.5. The molecule has 0 bridgehead atoms. The molecule has 2 aromatic carbocycles. The van der Waals surface area contributed by atoms with E-state index in [1.54, 1.807) is 73.7 Å². The Morgan fingerprint density at radius 1 is 0.956 bits per heavy atom. The summed E-state index contributed by atoms with van der Waals surface area (Å²) in [6, 6.07) is 19.0. The summed E-state index contributed by atoms with van der Waals surface area (Å²) >= 11 is 1.51. The Labute approximate surface area is 270 Å². The second kappa shape index (κ2) is 14.5. The summed E-state index contributed by atoms with van der Waals surface area (Å²) in [5.74, 6) is -2.11. The second-order valence-corrected chi connectivity index (χ2v) is 13.1. The number of para-hydroxylation sites is 1. The molecular weight excluding hydrogens is 582 g/mol. The topological polar surface area (TPSA) is 97.6 Å². The molecule has 0 saturated carbocycles. The Kier molecular flexibility index (Phi) is 10.7. The number of nitriles is 1. The standard InChI is InChI=1S/C36H41N5O3S/c1-7-9-21-39(22-10-8-2)35-38-31(36(4,5)6)30(45-35)23-28-25(3)29(24-37)34(44)41(33(28)43)40(27-19-15-12-16-20-27)32(42)26-17-13-11-14-18-26/h11-20,23H,7-10,21-22H2,1-6H3/b28-23-. The van der Waals surface area contributed by atoms with E-state index in [1.807, 2.05) is 6.07 Å². The number of rotatable bonds is 11. The number of unbranched alkanes of at least 4 members (excludes halogenated alkanes) is 2. The normalized spacial score (nSPS) is 14.6. The van der Waals surface area contributed by atoms with Crippen LogP contribution in [-0.2, 0) is 15.0 Å². The molecule has 1 aromatic heterocycles. The molecule has 0 unspecified atom stereocenters. The minimum atomic E-state index is -0.850. The number of carbonyl (C=O) groups is 3. The van der Waals surface area contributed by atoms with E-state index in [4.69, 9.17) is 4.98 Å². The van der Waals surface area contributed by atoms with E-state index in [9.17, 15) is 19.6 Å². The van der Waals surface area contributed by atoms with Gasteiger partial charge in [0.05, 0.1) is 16.3 Å². The van der Waals surface area contributed by atoms with E-state index in [1.165, 1.54) is 11.3 Å². The maximum absolute atomic E-state index is 14.4. The molecule has 0 saturated heterocycles. The van der Waals surface area contributed by atoms with E-state index in [-0.39, 0.29) is 22.1 Å². The number of amides is 3. The minimum absolute atomic E-state index is 0.169. The van der Waals surface area contributed by atoms with Crippen molar-refractivity contribution in [3.8, 4) is 6.07 Å². The third-order valence-corrected chi connectivity index (χ3v) is 8.66. The van der Waals surface area contributed by atoms with Crippen LogP contribution in [0.15, 0.2) is 77.4 Å². The van der Waals surface area contributed by atoms with Gasteiger partial charge in [0.2, 0.25) is 0 Å². The summed E-state index contributed by atoms with van der Waals surface area (Å²) < 4.78 is 0. The monoisotopic (exact) mass is 623 g/mol. The van der Waals surface area contributed by atoms with Gasteiger partial charge in [-0.3, -0.25) is 14.4 Å². The number of carbonyl (C=O) groups excluding carboxylic acids is 3. The number of anilines is 2. The van der Waals surface area contributed by atoms with Gasteiger partial charge >= 0.3 is 0 Å². The lowest BCUT2D eigenvalue weighted by Gasteiger charge is -2.36. The van der Waals surface area contributed by atoms with Crippen molar-refractivity contribution in [1.82, 2.24) is 9.99 Å². The maximum atomic E-state index is 14.4. The Morgan fingerprint density at radius 2 is 1.53 bits per heavy atom. The first-order chi connectivity index (χ1) is 21.5. The number of hydrogen-bond acceptors (Lipinski definition) is 7. The van der Waals surface area contributed by atoms with Gasteiger partial charge in [-0.05, 0) is 55.7 Å². The van der Waals surface area contributed by atoms with Crippen molar-refractivity contribution in [1.29, 1.82) is 5.26 Å². The fourth-order valence-electron chi connectivity index (χ4n) is 5.07. The quantitative estimate of drug-likeness (QED) is 0.160. The molecule has 0 spiro atoms. The molecule has 0 radical (unpaired) electrons. The van der Waals surface area contributed by atoms with Crippen LogP contribution in [-0.4, -0.2) is 40.8 Å². The lowest BCUT2D eigenvalue weighted by Crippen LogP contribution is -2.56. The van der Waals surface area contributed by atoms with E-state index in [2.05, 4.69) is 39.5 Å². The third kappa shape index (κ3) is 7.23. The molecule has 4 rings (SSSR count). The Bertz CT molecular complexity index is 1640. The van der Waals surface area contributed by atoms with Crippen molar-refractivity contribution in [2.24, 2.45) is 0 Å². The molecule has 3 aromatic rings. The van der Waals surface area contributed by atoms with Crippen LogP contribution in [0.4, 0.5) is 10.8 Å². The fourth-order valence-corrected chi connectivity index (χ4v) is 6.34.